The van der Waals surface area contributed by atoms with Crippen LogP contribution in [-0.4, -0.2) is 55.1 Å². The summed E-state index contributed by atoms with van der Waals surface area (Å²) in [6, 6.07) is 17.4. The molecule has 0 bridgehead atoms. The molecule has 1 aliphatic heterocycles. The van der Waals surface area contributed by atoms with Crippen LogP contribution in [0.4, 0.5) is 4.39 Å². The van der Waals surface area contributed by atoms with Crippen LogP contribution in [0.1, 0.15) is 30.9 Å². The Balaban J connectivity index is 1.81. The number of hydrogen-bond acceptors (Lipinski definition) is 3. The number of amides is 1. The molecular formula is C24H31FN2O2. The van der Waals surface area contributed by atoms with Crippen molar-refractivity contribution < 1.29 is 13.9 Å². The van der Waals surface area contributed by atoms with E-state index in [1.165, 1.54) is 11.6 Å². The number of carbonyl (C=O) groups excluding carboxylic acids is 1. The van der Waals surface area contributed by atoms with Gasteiger partial charge in [0.05, 0.1) is 0 Å². The van der Waals surface area contributed by atoms with Gasteiger partial charge >= 0.3 is 0 Å². The van der Waals surface area contributed by atoms with E-state index in [0.29, 0.717) is 6.54 Å². The third-order valence-corrected chi connectivity index (χ3v) is 5.69. The second-order valence-corrected chi connectivity index (χ2v) is 8.17. The lowest BCUT2D eigenvalue weighted by molar-refractivity contribution is -0.137. The minimum atomic E-state index is -0.209. The van der Waals surface area contributed by atoms with E-state index < -0.39 is 0 Å². The zero-order chi connectivity index (χ0) is 20.8. The van der Waals surface area contributed by atoms with Gasteiger partial charge in [-0.15, -0.1) is 0 Å². The highest BCUT2D eigenvalue weighted by atomic mass is 19.1. The Morgan fingerprint density at radius 2 is 1.93 bits per heavy atom. The van der Waals surface area contributed by atoms with Gasteiger partial charge in [0, 0.05) is 45.2 Å². The van der Waals surface area contributed by atoms with Crippen LogP contribution >= 0.6 is 0 Å². The smallest absolute Gasteiger partial charge is 0.248 e. The number of ether oxygens (including phenoxy) is 1. The van der Waals surface area contributed by atoms with Crippen LogP contribution in [0.3, 0.4) is 0 Å². The van der Waals surface area contributed by atoms with E-state index in [9.17, 15) is 9.18 Å². The van der Waals surface area contributed by atoms with Crippen molar-refractivity contribution in [3.63, 3.8) is 0 Å². The van der Waals surface area contributed by atoms with E-state index in [0.717, 1.165) is 25.2 Å². The Labute approximate surface area is 173 Å². The summed E-state index contributed by atoms with van der Waals surface area (Å²) in [6.07, 6.45) is 0. The first-order chi connectivity index (χ1) is 14.0. The SMILES string of the molecule is COCC(=O)N(CC1CN(Cc2ccccc2)CC1c1cccc(F)c1)C(C)C. The second kappa shape index (κ2) is 9.99. The highest BCUT2D eigenvalue weighted by molar-refractivity contribution is 5.77. The summed E-state index contributed by atoms with van der Waals surface area (Å²) in [6.45, 7) is 7.38. The van der Waals surface area contributed by atoms with Crippen molar-refractivity contribution in [2.75, 3.05) is 33.4 Å². The molecule has 0 aromatic heterocycles. The molecule has 1 saturated heterocycles. The summed E-state index contributed by atoms with van der Waals surface area (Å²) < 4.78 is 19.0. The lowest BCUT2D eigenvalue weighted by Crippen LogP contribution is -2.43. The molecule has 5 heteroatoms. The number of nitrogens with zero attached hydrogens (tertiary/aromatic N) is 2. The molecule has 2 aromatic rings. The molecule has 0 saturated carbocycles. The van der Waals surface area contributed by atoms with Crippen molar-refractivity contribution in [2.24, 2.45) is 5.92 Å². The maximum absolute atomic E-state index is 13.9. The standard InChI is InChI=1S/C24H31FN2O2/c1-18(2)27(24(28)17-29-3)15-21-14-26(13-19-8-5-4-6-9-19)16-23(21)20-10-7-11-22(25)12-20/h4-12,18,21,23H,13-17H2,1-3H3. The minimum absolute atomic E-state index is 0.00185. The molecule has 0 radical (unpaired) electrons. The van der Waals surface area contributed by atoms with Gasteiger partial charge in [0.1, 0.15) is 12.4 Å². The average Bonchev–Trinajstić information content (AvgIpc) is 3.09. The van der Waals surface area contributed by atoms with Gasteiger partial charge < -0.3 is 9.64 Å². The Morgan fingerprint density at radius 3 is 2.59 bits per heavy atom. The van der Waals surface area contributed by atoms with Crippen LogP contribution in [0.2, 0.25) is 0 Å². The molecule has 1 aliphatic rings. The number of hydrogen-bond donors (Lipinski definition) is 0. The van der Waals surface area contributed by atoms with Crippen LogP contribution < -0.4 is 0 Å². The normalized spacial score (nSPS) is 19.6. The number of methoxy groups -OCH3 is 1. The molecule has 156 valence electrons. The van der Waals surface area contributed by atoms with E-state index in [4.69, 9.17) is 4.74 Å². The molecule has 1 amide bonds. The first kappa shape index (κ1) is 21.5. The summed E-state index contributed by atoms with van der Waals surface area (Å²) in [5, 5.41) is 0. The van der Waals surface area contributed by atoms with E-state index in [1.54, 1.807) is 19.2 Å². The van der Waals surface area contributed by atoms with Crippen LogP contribution in [0.25, 0.3) is 0 Å². The zero-order valence-electron chi connectivity index (χ0n) is 17.6. The molecule has 1 fully saturated rings. The Hall–Kier alpha value is -2.24. The van der Waals surface area contributed by atoms with Gasteiger partial charge in [-0.05, 0) is 43.0 Å². The predicted octanol–water partition coefficient (Wildman–Crippen LogP) is 3.92. The van der Waals surface area contributed by atoms with Crippen LogP contribution in [0.5, 0.6) is 0 Å². The molecule has 3 rings (SSSR count). The summed E-state index contributed by atoms with van der Waals surface area (Å²) in [7, 11) is 1.54. The maximum atomic E-state index is 13.9. The first-order valence-electron chi connectivity index (χ1n) is 10.3. The molecule has 0 N–H and O–H groups in total. The molecule has 0 spiro atoms. The van der Waals surface area contributed by atoms with Crippen molar-refractivity contribution in [1.29, 1.82) is 0 Å². The molecule has 2 aromatic carbocycles. The molecular weight excluding hydrogens is 367 g/mol. The highest BCUT2D eigenvalue weighted by Gasteiger charge is 2.36. The number of likely N-dealkylation sites (tertiary alicyclic amines) is 1. The summed E-state index contributed by atoms with van der Waals surface area (Å²) in [4.78, 5) is 16.9. The van der Waals surface area contributed by atoms with Crippen LogP contribution in [0.15, 0.2) is 54.6 Å². The molecule has 1 heterocycles. The maximum Gasteiger partial charge on any atom is 0.248 e. The third-order valence-electron chi connectivity index (χ3n) is 5.69. The topological polar surface area (TPSA) is 32.8 Å². The summed E-state index contributed by atoms with van der Waals surface area (Å²) in [5.74, 6) is 0.218. The highest BCUT2D eigenvalue weighted by Crippen LogP contribution is 2.34. The quantitative estimate of drug-likeness (QED) is 0.676. The van der Waals surface area contributed by atoms with Gasteiger partial charge in [-0.3, -0.25) is 9.69 Å². The molecule has 0 aliphatic carbocycles. The monoisotopic (exact) mass is 398 g/mol. The van der Waals surface area contributed by atoms with Crippen molar-refractivity contribution in [3.05, 3.63) is 71.5 Å². The van der Waals surface area contributed by atoms with Gasteiger partial charge in [-0.2, -0.15) is 0 Å². The first-order valence-corrected chi connectivity index (χ1v) is 10.3. The van der Waals surface area contributed by atoms with E-state index in [2.05, 4.69) is 29.2 Å². The van der Waals surface area contributed by atoms with Gasteiger partial charge in [0.15, 0.2) is 0 Å². The Kier molecular flexibility index (Phi) is 7.40. The van der Waals surface area contributed by atoms with E-state index in [-0.39, 0.29) is 36.2 Å². The third kappa shape index (κ3) is 5.64. The number of rotatable bonds is 8. The van der Waals surface area contributed by atoms with Crippen LogP contribution in [0, 0.1) is 11.7 Å². The second-order valence-electron chi connectivity index (χ2n) is 8.17. The molecule has 4 nitrogen and oxygen atoms in total. The van der Waals surface area contributed by atoms with Crippen molar-refractivity contribution in [3.8, 4) is 0 Å². The van der Waals surface area contributed by atoms with Crippen molar-refractivity contribution in [2.45, 2.75) is 32.4 Å². The predicted molar refractivity (Wildman–Crippen MR) is 113 cm³/mol. The summed E-state index contributed by atoms with van der Waals surface area (Å²) in [5.41, 5.74) is 2.27. The van der Waals surface area contributed by atoms with Crippen molar-refractivity contribution >= 4 is 5.91 Å². The number of carbonyl (C=O) groups is 1. The summed E-state index contributed by atoms with van der Waals surface area (Å²) >= 11 is 0. The fourth-order valence-electron chi connectivity index (χ4n) is 4.29. The molecule has 29 heavy (non-hydrogen) atoms. The zero-order valence-corrected chi connectivity index (χ0v) is 17.6. The lowest BCUT2D eigenvalue weighted by atomic mass is 9.88. The van der Waals surface area contributed by atoms with Gasteiger partial charge in [-0.1, -0.05) is 42.5 Å². The fourth-order valence-corrected chi connectivity index (χ4v) is 4.29. The number of benzene rings is 2. The van der Waals surface area contributed by atoms with Gasteiger partial charge in [-0.25, -0.2) is 4.39 Å². The minimum Gasteiger partial charge on any atom is -0.375 e. The molecule has 2 unspecified atom stereocenters. The largest absolute Gasteiger partial charge is 0.375 e. The Bertz CT molecular complexity index is 796. The Morgan fingerprint density at radius 1 is 1.17 bits per heavy atom. The van der Waals surface area contributed by atoms with Crippen LogP contribution in [-0.2, 0) is 16.1 Å². The van der Waals surface area contributed by atoms with Gasteiger partial charge in [0.2, 0.25) is 5.91 Å². The van der Waals surface area contributed by atoms with E-state index >= 15 is 0 Å². The van der Waals surface area contributed by atoms with Gasteiger partial charge in [0.25, 0.3) is 0 Å². The lowest BCUT2D eigenvalue weighted by Gasteiger charge is -2.31. The molecule has 2 atom stereocenters. The average molecular weight is 399 g/mol. The number of halogens is 1. The van der Waals surface area contributed by atoms with E-state index in [1.807, 2.05) is 30.9 Å². The van der Waals surface area contributed by atoms with Crippen molar-refractivity contribution in [1.82, 2.24) is 9.80 Å². The fraction of sp³-hybridized carbons (Fsp3) is 0.458.